The van der Waals surface area contributed by atoms with Crippen LogP contribution in [0.3, 0.4) is 0 Å². The number of guanidine groups is 1. The number of rotatable bonds is 31. The third-order valence-electron chi connectivity index (χ3n) is 10.6. The standard InChI is InChI=1S/C39H67N15O15S/c1-4-17(2)29(37(68)50-20(11-25(41)57)33(64)53-30(18(3)56)31(42)62)52-35(66)23(16-70)51-34(65)22(15-55)49-27(59)14-47-36(67)24-8-6-10-54(24)38(69)21(12-28(60)61)48-26(58)13-46-32(63)19(40)7-5-9-45-39(43)44/h17-24,29-30,55-56,70H,4-16,40H2,1-3H3,(H2,41,57)(H2,42,62)(H,46,63)(H,47,67)(H,48,58)(H,49,59)(H,50,68)(H,51,65)(H,52,66)(H,53,64)(H,60,61)(H4,43,44,45)/t17-,18+,19-,20-,21-,22-,23-,24-,29-,30-/m0/s1. The Hall–Kier alpha value is -6.86. The first-order chi connectivity index (χ1) is 32.8. The quantitative estimate of drug-likeness (QED) is 0.0133. The fraction of sp³-hybridized carbons (Fsp3) is 0.667. The first-order valence-electron chi connectivity index (χ1n) is 21.9. The third kappa shape index (κ3) is 21.2. The number of aliphatic hydroxyl groups excluding tert-OH is 2. The highest BCUT2D eigenvalue weighted by Crippen LogP contribution is 2.19. The topological polar surface area (TPSA) is 507 Å². The second-order valence-electron chi connectivity index (χ2n) is 16.2. The van der Waals surface area contributed by atoms with Gasteiger partial charge in [-0.15, -0.1) is 0 Å². The lowest BCUT2D eigenvalue weighted by Crippen LogP contribution is -2.62. The van der Waals surface area contributed by atoms with E-state index in [1.165, 1.54) is 0 Å². The average Bonchev–Trinajstić information content (AvgIpc) is 3.79. The van der Waals surface area contributed by atoms with E-state index in [-0.39, 0.29) is 44.7 Å². The molecule has 394 valence electrons. The number of carbonyl (C=O) groups excluding carboxylic acids is 11. The van der Waals surface area contributed by atoms with Gasteiger partial charge in [-0.2, -0.15) is 12.6 Å². The molecule has 0 aromatic rings. The van der Waals surface area contributed by atoms with Crippen LogP contribution in [0.25, 0.3) is 0 Å². The van der Waals surface area contributed by atoms with Gasteiger partial charge in [0.2, 0.25) is 65.0 Å². The van der Waals surface area contributed by atoms with Gasteiger partial charge in [0.1, 0.15) is 42.3 Å². The largest absolute Gasteiger partial charge is 0.481 e. The van der Waals surface area contributed by atoms with Crippen LogP contribution >= 0.6 is 12.6 Å². The number of nitrogens with zero attached hydrogens (tertiary/aromatic N) is 2. The van der Waals surface area contributed by atoms with Crippen molar-refractivity contribution in [2.45, 2.75) is 120 Å². The van der Waals surface area contributed by atoms with E-state index in [1.54, 1.807) is 13.8 Å². The zero-order chi connectivity index (χ0) is 53.4. The van der Waals surface area contributed by atoms with Crippen LogP contribution in [0.1, 0.15) is 65.7 Å². The molecule has 10 atom stereocenters. The smallest absolute Gasteiger partial charge is 0.305 e. The van der Waals surface area contributed by atoms with E-state index in [9.17, 15) is 72.9 Å². The zero-order valence-corrected chi connectivity index (χ0v) is 39.8. The number of aliphatic hydroxyl groups is 2. The lowest BCUT2D eigenvalue weighted by atomic mass is 9.97. The van der Waals surface area contributed by atoms with Crippen molar-refractivity contribution in [2.24, 2.45) is 39.6 Å². The number of aliphatic imine (C=N–C) groups is 1. The van der Waals surface area contributed by atoms with Crippen molar-refractivity contribution >= 4 is 89.5 Å². The number of hydrogen-bond donors (Lipinski definition) is 17. The molecule has 1 rings (SSSR count). The number of carboxylic acid groups (broad SMARTS) is 1. The predicted octanol–water partition coefficient (Wildman–Crippen LogP) is -9.32. The molecule has 1 saturated heterocycles. The molecule has 0 bridgehead atoms. The minimum absolute atomic E-state index is 0.0352. The maximum Gasteiger partial charge on any atom is 0.305 e. The fourth-order valence-corrected chi connectivity index (χ4v) is 6.83. The normalized spacial score (nSPS) is 16.9. The summed E-state index contributed by atoms with van der Waals surface area (Å²) < 4.78 is 0. The summed E-state index contributed by atoms with van der Waals surface area (Å²) in [6.07, 6.45) is -1.99. The molecule has 1 fully saturated rings. The summed E-state index contributed by atoms with van der Waals surface area (Å²) in [5.41, 5.74) is 26.8. The van der Waals surface area contributed by atoms with Crippen molar-refractivity contribution < 1.29 is 72.9 Å². The maximum absolute atomic E-state index is 13.5. The molecule has 70 heavy (non-hydrogen) atoms. The molecule has 0 spiro atoms. The molecule has 11 amide bonds. The lowest BCUT2D eigenvalue weighted by molar-refractivity contribution is -0.146. The summed E-state index contributed by atoms with van der Waals surface area (Å²) in [7, 11) is 0. The van der Waals surface area contributed by atoms with Crippen LogP contribution in [0.15, 0.2) is 4.99 Å². The number of carbonyl (C=O) groups is 12. The number of carboxylic acids is 1. The molecule has 30 nitrogen and oxygen atoms in total. The molecule has 0 unspecified atom stereocenters. The van der Waals surface area contributed by atoms with Crippen molar-refractivity contribution in [1.82, 2.24) is 47.4 Å². The van der Waals surface area contributed by atoms with Gasteiger partial charge in [-0.1, -0.05) is 20.3 Å². The van der Waals surface area contributed by atoms with E-state index < -0.39 is 170 Å². The average molecular weight is 1020 g/mol. The molecule has 1 heterocycles. The Balaban J connectivity index is 2.95. The number of likely N-dealkylation sites (tertiary alicyclic amines) is 1. The Bertz CT molecular complexity index is 1940. The minimum atomic E-state index is -1.71. The van der Waals surface area contributed by atoms with Gasteiger partial charge in [-0.05, 0) is 38.5 Å². The van der Waals surface area contributed by atoms with Gasteiger partial charge in [0.25, 0.3) is 0 Å². The number of hydrogen-bond acceptors (Lipinski definition) is 17. The van der Waals surface area contributed by atoms with Gasteiger partial charge in [0.05, 0.1) is 44.7 Å². The number of amides is 11. The summed E-state index contributed by atoms with van der Waals surface area (Å²) in [5.74, 6) is -13.5. The fourth-order valence-electron chi connectivity index (χ4n) is 6.57. The molecule has 1 aliphatic rings. The van der Waals surface area contributed by atoms with Gasteiger partial charge in [-0.25, -0.2) is 0 Å². The van der Waals surface area contributed by atoms with Crippen molar-refractivity contribution in [2.75, 3.05) is 38.5 Å². The van der Waals surface area contributed by atoms with Crippen LogP contribution in [0, 0.1) is 5.92 Å². The van der Waals surface area contributed by atoms with E-state index in [2.05, 4.69) is 60.2 Å². The van der Waals surface area contributed by atoms with E-state index in [0.717, 1.165) is 11.8 Å². The third-order valence-corrected chi connectivity index (χ3v) is 10.9. The SMILES string of the molecule is CC[C@H](C)[C@H](NC(=O)[C@H](CS)NC(=O)[C@H](CO)NC(=O)CNC(=O)[C@@H]1CCCN1C(=O)[C@H](CC(=O)O)NC(=O)CNC(=O)[C@@H](N)CCCN=C(N)N)C(=O)N[C@@H](CC(N)=O)C(=O)N[C@H](C(N)=O)[C@@H](C)O. The van der Waals surface area contributed by atoms with Crippen molar-refractivity contribution in [3.63, 3.8) is 0 Å². The number of nitrogens with two attached hydrogens (primary N) is 5. The molecule has 0 aliphatic carbocycles. The molecule has 21 N–H and O–H groups in total. The number of primary amides is 2. The monoisotopic (exact) mass is 1020 g/mol. The zero-order valence-electron chi connectivity index (χ0n) is 38.9. The molecule has 0 radical (unpaired) electrons. The Morgan fingerprint density at radius 3 is 1.81 bits per heavy atom. The van der Waals surface area contributed by atoms with Crippen molar-refractivity contribution in [1.29, 1.82) is 0 Å². The molecule has 31 heteroatoms. The van der Waals surface area contributed by atoms with Crippen LogP contribution in [0.2, 0.25) is 0 Å². The van der Waals surface area contributed by atoms with Crippen molar-refractivity contribution in [3.8, 4) is 0 Å². The summed E-state index contributed by atoms with van der Waals surface area (Å²) in [4.78, 5) is 158. The van der Waals surface area contributed by atoms with Crippen LogP contribution in [0.5, 0.6) is 0 Å². The lowest BCUT2D eigenvalue weighted by Gasteiger charge is -2.29. The predicted molar refractivity (Wildman–Crippen MR) is 248 cm³/mol. The van der Waals surface area contributed by atoms with Gasteiger partial charge in [0.15, 0.2) is 5.96 Å². The Morgan fingerprint density at radius 2 is 1.29 bits per heavy atom. The molecule has 0 saturated carbocycles. The Morgan fingerprint density at radius 1 is 0.729 bits per heavy atom. The number of aliphatic carboxylic acids is 1. The molecule has 1 aliphatic heterocycles. The second kappa shape index (κ2) is 30.6. The Kier molecular flexibility index (Phi) is 26.7. The van der Waals surface area contributed by atoms with E-state index >= 15 is 0 Å². The number of nitrogens with one attached hydrogen (secondary N) is 8. The number of thiol groups is 1. The molecule has 0 aromatic heterocycles. The summed E-state index contributed by atoms with van der Waals surface area (Å²) >= 11 is 4.09. The minimum Gasteiger partial charge on any atom is -0.481 e. The van der Waals surface area contributed by atoms with Gasteiger partial charge in [0, 0.05) is 18.8 Å². The first-order valence-corrected chi connectivity index (χ1v) is 22.6. The van der Waals surface area contributed by atoms with Gasteiger partial charge in [-0.3, -0.25) is 62.5 Å². The van der Waals surface area contributed by atoms with E-state index in [1.807, 2.05) is 0 Å². The molecular formula is C39H67N15O15S. The molecular weight excluding hydrogens is 951 g/mol. The summed E-state index contributed by atoms with van der Waals surface area (Å²) in [6, 6.07) is -11.9. The van der Waals surface area contributed by atoms with Crippen LogP contribution < -0.4 is 71.2 Å². The highest BCUT2D eigenvalue weighted by atomic mass is 32.1. The van der Waals surface area contributed by atoms with Crippen LogP contribution in [-0.4, -0.2) is 190 Å². The van der Waals surface area contributed by atoms with Crippen molar-refractivity contribution in [3.05, 3.63) is 0 Å². The van der Waals surface area contributed by atoms with Crippen LogP contribution in [-0.2, 0) is 57.5 Å². The molecule has 0 aromatic carbocycles. The van der Waals surface area contributed by atoms with Gasteiger partial charge >= 0.3 is 5.97 Å². The van der Waals surface area contributed by atoms with E-state index in [4.69, 9.17) is 28.7 Å². The highest BCUT2D eigenvalue weighted by Gasteiger charge is 2.39. The summed E-state index contributed by atoms with van der Waals surface area (Å²) in [5, 5.41) is 47.4. The summed E-state index contributed by atoms with van der Waals surface area (Å²) in [6.45, 7) is 2.06. The second-order valence-corrected chi connectivity index (χ2v) is 16.5. The van der Waals surface area contributed by atoms with Crippen LogP contribution in [0.4, 0.5) is 0 Å². The maximum atomic E-state index is 13.5. The highest BCUT2D eigenvalue weighted by molar-refractivity contribution is 7.80. The van der Waals surface area contributed by atoms with Gasteiger partial charge < -0.3 is 91.4 Å². The van der Waals surface area contributed by atoms with E-state index in [0.29, 0.717) is 6.42 Å². The first kappa shape index (κ1) is 61.2. The Labute approximate surface area is 407 Å².